The summed E-state index contributed by atoms with van der Waals surface area (Å²) in [6.07, 6.45) is 1.85. The van der Waals surface area contributed by atoms with E-state index in [0.29, 0.717) is 11.9 Å². The van der Waals surface area contributed by atoms with Gasteiger partial charge in [0.25, 0.3) is 0 Å². The van der Waals surface area contributed by atoms with Crippen LogP contribution in [0, 0.1) is 0 Å². The second-order valence-corrected chi connectivity index (χ2v) is 5.32. The van der Waals surface area contributed by atoms with Crippen LogP contribution in [-0.4, -0.2) is 37.6 Å². The number of benzene rings is 1. The number of hydrogen-bond acceptors (Lipinski definition) is 4. The molecule has 2 aromatic rings. The zero-order valence-electron chi connectivity index (χ0n) is 12.9. The van der Waals surface area contributed by atoms with Crippen LogP contribution in [0.4, 0.5) is 0 Å². The monoisotopic (exact) mass is 285 g/mol. The van der Waals surface area contributed by atoms with Crippen LogP contribution in [0.25, 0.3) is 0 Å². The largest absolute Gasteiger partial charge is 0.481 e. The molecule has 0 fully saturated rings. The van der Waals surface area contributed by atoms with Crippen LogP contribution in [0.1, 0.15) is 17.2 Å². The molecule has 0 radical (unpaired) electrons. The van der Waals surface area contributed by atoms with Crippen LogP contribution in [0.5, 0.6) is 5.88 Å². The van der Waals surface area contributed by atoms with Crippen molar-refractivity contribution in [1.29, 1.82) is 0 Å². The molecule has 0 spiro atoms. The molecule has 1 heterocycles. The SMILES string of the molecule is COc1ccc(CNC(CN(C)C)c2ccccc2)cn1. The fourth-order valence-electron chi connectivity index (χ4n) is 2.22. The van der Waals surface area contributed by atoms with Crippen LogP contribution in [0.15, 0.2) is 48.7 Å². The Morgan fingerprint density at radius 2 is 1.90 bits per heavy atom. The first-order valence-corrected chi connectivity index (χ1v) is 7.11. The van der Waals surface area contributed by atoms with Crippen molar-refractivity contribution in [3.8, 4) is 5.88 Å². The van der Waals surface area contributed by atoms with Gasteiger partial charge in [0.05, 0.1) is 7.11 Å². The average Bonchev–Trinajstić information content (AvgIpc) is 2.52. The summed E-state index contributed by atoms with van der Waals surface area (Å²) in [4.78, 5) is 6.43. The molecular formula is C17H23N3O. The number of hydrogen-bond donors (Lipinski definition) is 1. The van der Waals surface area contributed by atoms with E-state index in [1.54, 1.807) is 7.11 Å². The Morgan fingerprint density at radius 1 is 1.14 bits per heavy atom. The lowest BCUT2D eigenvalue weighted by atomic mass is 10.1. The van der Waals surface area contributed by atoms with Gasteiger partial charge in [-0.05, 0) is 25.2 Å². The lowest BCUT2D eigenvalue weighted by molar-refractivity contribution is 0.340. The Kier molecular flexibility index (Phi) is 5.72. The molecule has 0 aliphatic heterocycles. The Balaban J connectivity index is 2.01. The summed E-state index contributed by atoms with van der Waals surface area (Å²) < 4.78 is 5.08. The number of nitrogens with zero attached hydrogens (tertiary/aromatic N) is 2. The summed E-state index contributed by atoms with van der Waals surface area (Å²) in [5, 5.41) is 3.60. The highest BCUT2D eigenvalue weighted by Gasteiger charge is 2.11. The van der Waals surface area contributed by atoms with Crippen molar-refractivity contribution in [2.24, 2.45) is 0 Å². The molecule has 2 rings (SSSR count). The summed E-state index contributed by atoms with van der Waals surface area (Å²) >= 11 is 0. The van der Waals surface area contributed by atoms with Crippen molar-refractivity contribution >= 4 is 0 Å². The van der Waals surface area contributed by atoms with Crippen LogP contribution in [-0.2, 0) is 6.54 Å². The molecule has 0 saturated heterocycles. The summed E-state index contributed by atoms with van der Waals surface area (Å²) in [5.74, 6) is 0.645. The van der Waals surface area contributed by atoms with E-state index in [2.05, 4.69) is 53.6 Å². The Hall–Kier alpha value is -1.91. The number of aromatic nitrogens is 1. The zero-order valence-corrected chi connectivity index (χ0v) is 12.9. The highest BCUT2D eigenvalue weighted by Crippen LogP contribution is 2.15. The van der Waals surface area contributed by atoms with E-state index in [9.17, 15) is 0 Å². The summed E-state index contributed by atoms with van der Waals surface area (Å²) in [6, 6.07) is 14.7. The molecule has 1 N–H and O–H groups in total. The lowest BCUT2D eigenvalue weighted by Crippen LogP contribution is -2.30. The molecule has 1 atom stereocenters. The topological polar surface area (TPSA) is 37.4 Å². The maximum atomic E-state index is 5.08. The molecule has 1 aromatic carbocycles. The number of ether oxygens (including phenoxy) is 1. The third-order valence-corrected chi connectivity index (χ3v) is 3.31. The molecule has 0 aliphatic rings. The van der Waals surface area contributed by atoms with Gasteiger partial charge in [0.1, 0.15) is 0 Å². The minimum absolute atomic E-state index is 0.295. The maximum Gasteiger partial charge on any atom is 0.212 e. The predicted molar refractivity (Wildman–Crippen MR) is 85.4 cm³/mol. The molecule has 0 saturated carbocycles. The second-order valence-electron chi connectivity index (χ2n) is 5.32. The molecule has 0 bridgehead atoms. The molecule has 4 heteroatoms. The van der Waals surface area contributed by atoms with E-state index < -0.39 is 0 Å². The zero-order chi connectivity index (χ0) is 15.1. The quantitative estimate of drug-likeness (QED) is 0.848. The first kappa shape index (κ1) is 15.5. The Morgan fingerprint density at radius 3 is 2.48 bits per heavy atom. The number of likely N-dealkylation sites (N-methyl/N-ethyl adjacent to an activating group) is 1. The van der Waals surface area contributed by atoms with Crippen LogP contribution in [0.2, 0.25) is 0 Å². The lowest BCUT2D eigenvalue weighted by Gasteiger charge is -2.23. The summed E-state index contributed by atoms with van der Waals surface area (Å²) in [6.45, 7) is 1.73. The first-order chi connectivity index (χ1) is 10.2. The van der Waals surface area contributed by atoms with Gasteiger partial charge in [-0.1, -0.05) is 36.4 Å². The van der Waals surface area contributed by atoms with Gasteiger partial charge in [0.2, 0.25) is 5.88 Å². The summed E-state index contributed by atoms with van der Waals surface area (Å²) in [5.41, 5.74) is 2.45. The van der Waals surface area contributed by atoms with E-state index in [1.807, 2.05) is 24.4 Å². The van der Waals surface area contributed by atoms with Crippen molar-refractivity contribution in [1.82, 2.24) is 15.2 Å². The maximum absolute atomic E-state index is 5.08. The Bertz CT molecular complexity index is 525. The highest BCUT2D eigenvalue weighted by molar-refractivity contribution is 5.21. The van der Waals surface area contributed by atoms with Crippen LogP contribution >= 0.6 is 0 Å². The molecular weight excluding hydrogens is 262 g/mol. The molecule has 0 amide bonds. The van der Waals surface area contributed by atoms with Gasteiger partial charge in [0, 0.05) is 31.4 Å². The Labute approximate surface area is 126 Å². The third kappa shape index (κ3) is 4.85. The van der Waals surface area contributed by atoms with Crippen molar-refractivity contribution < 1.29 is 4.74 Å². The van der Waals surface area contributed by atoms with Gasteiger partial charge >= 0.3 is 0 Å². The van der Waals surface area contributed by atoms with Gasteiger partial charge in [0.15, 0.2) is 0 Å². The van der Waals surface area contributed by atoms with Gasteiger partial charge < -0.3 is 15.0 Å². The standard InChI is InChI=1S/C17H23N3O/c1-20(2)13-16(15-7-5-4-6-8-15)18-11-14-9-10-17(21-3)19-12-14/h4-10,12,16,18H,11,13H2,1-3H3. The van der Waals surface area contributed by atoms with E-state index in [1.165, 1.54) is 5.56 Å². The van der Waals surface area contributed by atoms with Crippen molar-refractivity contribution in [2.45, 2.75) is 12.6 Å². The molecule has 0 aliphatic carbocycles. The van der Waals surface area contributed by atoms with Gasteiger partial charge in [-0.2, -0.15) is 0 Å². The van der Waals surface area contributed by atoms with Gasteiger partial charge in [-0.3, -0.25) is 0 Å². The predicted octanol–water partition coefficient (Wildman–Crippen LogP) is 2.48. The average molecular weight is 285 g/mol. The van der Waals surface area contributed by atoms with E-state index in [-0.39, 0.29) is 0 Å². The number of rotatable bonds is 7. The van der Waals surface area contributed by atoms with Gasteiger partial charge in [-0.25, -0.2) is 4.98 Å². The number of methoxy groups -OCH3 is 1. The smallest absolute Gasteiger partial charge is 0.212 e. The second kappa shape index (κ2) is 7.76. The minimum atomic E-state index is 0.295. The fraction of sp³-hybridized carbons (Fsp3) is 0.353. The highest BCUT2D eigenvalue weighted by atomic mass is 16.5. The summed E-state index contributed by atoms with van der Waals surface area (Å²) in [7, 11) is 5.81. The van der Waals surface area contributed by atoms with E-state index in [4.69, 9.17) is 4.74 Å². The number of nitrogens with one attached hydrogen (secondary N) is 1. The number of pyridine rings is 1. The molecule has 21 heavy (non-hydrogen) atoms. The van der Waals surface area contributed by atoms with Crippen LogP contribution in [0.3, 0.4) is 0 Å². The van der Waals surface area contributed by atoms with Crippen LogP contribution < -0.4 is 10.1 Å². The molecule has 1 unspecified atom stereocenters. The third-order valence-electron chi connectivity index (χ3n) is 3.31. The van der Waals surface area contributed by atoms with Crippen molar-refractivity contribution in [3.63, 3.8) is 0 Å². The van der Waals surface area contributed by atoms with E-state index >= 15 is 0 Å². The minimum Gasteiger partial charge on any atom is -0.481 e. The fourth-order valence-corrected chi connectivity index (χ4v) is 2.22. The van der Waals surface area contributed by atoms with Crippen molar-refractivity contribution in [2.75, 3.05) is 27.7 Å². The van der Waals surface area contributed by atoms with Crippen molar-refractivity contribution in [3.05, 3.63) is 59.8 Å². The molecule has 4 nitrogen and oxygen atoms in total. The van der Waals surface area contributed by atoms with Gasteiger partial charge in [-0.15, -0.1) is 0 Å². The normalized spacial score (nSPS) is 12.4. The van der Waals surface area contributed by atoms with E-state index in [0.717, 1.165) is 18.7 Å². The molecule has 1 aromatic heterocycles. The molecule has 112 valence electrons. The first-order valence-electron chi connectivity index (χ1n) is 7.11.